The van der Waals surface area contributed by atoms with Crippen LogP contribution in [-0.2, 0) is 0 Å². The van der Waals surface area contributed by atoms with Gasteiger partial charge in [-0.15, -0.1) is 0 Å². The normalized spacial score (nSPS) is 26.8. The van der Waals surface area contributed by atoms with E-state index in [9.17, 15) is 0 Å². The Balaban J connectivity index is 1.72. The van der Waals surface area contributed by atoms with Crippen LogP contribution >= 0.6 is 0 Å². The summed E-state index contributed by atoms with van der Waals surface area (Å²) in [7, 11) is 0. The van der Waals surface area contributed by atoms with Crippen molar-refractivity contribution in [3.8, 4) is 0 Å². The summed E-state index contributed by atoms with van der Waals surface area (Å²) in [6.07, 6.45) is 6.47. The monoisotopic (exact) mass is 220 g/mol. The molecule has 2 heterocycles. The van der Waals surface area contributed by atoms with Crippen molar-refractivity contribution >= 4 is 5.82 Å². The van der Waals surface area contributed by atoms with E-state index in [1.807, 2.05) is 0 Å². The van der Waals surface area contributed by atoms with Gasteiger partial charge in [-0.1, -0.05) is 12.8 Å². The highest BCUT2D eigenvalue weighted by Gasteiger charge is 2.24. The van der Waals surface area contributed by atoms with Crippen LogP contribution in [0.4, 0.5) is 5.82 Å². The van der Waals surface area contributed by atoms with Crippen molar-refractivity contribution in [2.75, 3.05) is 18.0 Å². The summed E-state index contributed by atoms with van der Waals surface area (Å²) in [4.78, 5) is 2.29. The molecular weight excluding hydrogens is 200 g/mol. The van der Waals surface area contributed by atoms with Crippen molar-refractivity contribution in [3.05, 3.63) is 11.8 Å². The molecule has 1 aromatic heterocycles. The molecule has 3 N–H and O–H groups in total. The lowest BCUT2D eigenvalue weighted by atomic mass is 10.0. The van der Waals surface area contributed by atoms with Gasteiger partial charge in [0.1, 0.15) is 0 Å². The molecule has 0 spiro atoms. The fourth-order valence-corrected chi connectivity index (χ4v) is 2.93. The third-order valence-corrected chi connectivity index (χ3v) is 3.93. The molecule has 1 atom stereocenters. The second-order valence-corrected chi connectivity index (χ2v) is 5.16. The number of hydrogen-bond acceptors (Lipinski definition) is 3. The first-order chi connectivity index (χ1) is 7.83. The number of hydrogen-bond donors (Lipinski definition) is 2. The van der Waals surface area contributed by atoms with E-state index in [-0.39, 0.29) is 0 Å². The highest BCUT2D eigenvalue weighted by molar-refractivity contribution is 5.41. The van der Waals surface area contributed by atoms with Crippen molar-refractivity contribution in [1.82, 2.24) is 10.2 Å². The minimum absolute atomic E-state index is 0.326. The second kappa shape index (κ2) is 4.09. The van der Waals surface area contributed by atoms with E-state index in [2.05, 4.69) is 21.2 Å². The Morgan fingerprint density at radius 2 is 2.12 bits per heavy atom. The van der Waals surface area contributed by atoms with Gasteiger partial charge in [0.05, 0.1) is 0 Å². The van der Waals surface area contributed by atoms with Gasteiger partial charge in [-0.05, 0) is 19.3 Å². The number of aromatic nitrogens is 2. The lowest BCUT2D eigenvalue weighted by molar-refractivity contribution is 0.693. The van der Waals surface area contributed by atoms with Gasteiger partial charge < -0.3 is 10.6 Å². The van der Waals surface area contributed by atoms with E-state index in [0.717, 1.165) is 31.2 Å². The summed E-state index contributed by atoms with van der Waals surface area (Å²) < 4.78 is 0. The van der Waals surface area contributed by atoms with Crippen molar-refractivity contribution < 1.29 is 0 Å². The van der Waals surface area contributed by atoms with Gasteiger partial charge in [0.2, 0.25) is 0 Å². The molecule has 2 aliphatic rings. The average Bonchev–Trinajstić information content (AvgIpc) is 2.97. The standard InChI is InChI=1S/C12H20N4/c13-10-5-6-16(8-10)12-7-11(14-15-12)9-3-1-2-4-9/h7,9-10H,1-6,8,13H2,(H,14,15). The van der Waals surface area contributed by atoms with Crippen molar-refractivity contribution in [1.29, 1.82) is 0 Å². The lowest BCUT2D eigenvalue weighted by Gasteiger charge is -2.13. The zero-order valence-electron chi connectivity index (χ0n) is 9.65. The summed E-state index contributed by atoms with van der Waals surface area (Å²) in [5.41, 5.74) is 7.24. The van der Waals surface area contributed by atoms with Gasteiger partial charge >= 0.3 is 0 Å². The third kappa shape index (κ3) is 1.82. The van der Waals surface area contributed by atoms with E-state index >= 15 is 0 Å². The maximum Gasteiger partial charge on any atom is 0.150 e. The van der Waals surface area contributed by atoms with E-state index in [1.165, 1.54) is 31.4 Å². The second-order valence-electron chi connectivity index (χ2n) is 5.16. The Morgan fingerprint density at radius 1 is 1.31 bits per heavy atom. The summed E-state index contributed by atoms with van der Waals surface area (Å²) in [5.74, 6) is 1.81. The number of anilines is 1. The largest absolute Gasteiger partial charge is 0.354 e. The van der Waals surface area contributed by atoms with E-state index in [4.69, 9.17) is 5.73 Å². The van der Waals surface area contributed by atoms with Crippen LogP contribution in [0.2, 0.25) is 0 Å². The highest BCUT2D eigenvalue weighted by Crippen LogP contribution is 2.34. The fourth-order valence-electron chi connectivity index (χ4n) is 2.93. The van der Waals surface area contributed by atoms with Gasteiger partial charge in [0, 0.05) is 36.8 Å². The van der Waals surface area contributed by atoms with Crippen LogP contribution in [0.25, 0.3) is 0 Å². The highest BCUT2D eigenvalue weighted by atomic mass is 15.3. The van der Waals surface area contributed by atoms with Crippen molar-refractivity contribution in [2.45, 2.75) is 44.1 Å². The summed E-state index contributed by atoms with van der Waals surface area (Å²) >= 11 is 0. The Morgan fingerprint density at radius 3 is 2.81 bits per heavy atom. The van der Waals surface area contributed by atoms with Crippen LogP contribution in [0.5, 0.6) is 0 Å². The zero-order chi connectivity index (χ0) is 11.0. The van der Waals surface area contributed by atoms with Gasteiger partial charge in [-0.3, -0.25) is 5.10 Å². The zero-order valence-corrected chi connectivity index (χ0v) is 9.65. The van der Waals surface area contributed by atoms with Gasteiger partial charge in [-0.25, -0.2) is 0 Å². The molecule has 16 heavy (non-hydrogen) atoms. The number of rotatable bonds is 2. The van der Waals surface area contributed by atoms with Crippen LogP contribution in [-0.4, -0.2) is 29.3 Å². The van der Waals surface area contributed by atoms with Gasteiger partial charge in [-0.2, -0.15) is 5.10 Å². The predicted molar refractivity (Wildman–Crippen MR) is 64.6 cm³/mol. The molecule has 1 unspecified atom stereocenters. The van der Waals surface area contributed by atoms with E-state index in [0.29, 0.717) is 6.04 Å². The summed E-state index contributed by atoms with van der Waals surface area (Å²) in [5, 5.41) is 7.63. The van der Waals surface area contributed by atoms with Crippen LogP contribution in [0.1, 0.15) is 43.7 Å². The molecule has 0 aromatic carbocycles. The Labute approximate surface area is 96.2 Å². The molecule has 88 valence electrons. The predicted octanol–water partition coefficient (Wildman–Crippen LogP) is 1.60. The maximum absolute atomic E-state index is 5.91. The minimum Gasteiger partial charge on any atom is -0.354 e. The summed E-state index contributed by atoms with van der Waals surface area (Å²) in [6.45, 7) is 2.01. The molecule has 0 bridgehead atoms. The van der Waals surface area contributed by atoms with Gasteiger partial charge in [0.15, 0.2) is 5.82 Å². The topological polar surface area (TPSA) is 57.9 Å². The van der Waals surface area contributed by atoms with Gasteiger partial charge in [0.25, 0.3) is 0 Å². The van der Waals surface area contributed by atoms with Crippen molar-refractivity contribution in [2.24, 2.45) is 5.73 Å². The minimum atomic E-state index is 0.326. The van der Waals surface area contributed by atoms with Crippen LogP contribution in [0.3, 0.4) is 0 Å². The molecule has 1 aromatic rings. The molecular formula is C12H20N4. The SMILES string of the molecule is NC1CCN(c2cc(C3CCCC3)[nH]n2)C1. The molecule has 0 radical (unpaired) electrons. The first-order valence-electron chi connectivity index (χ1n) is 6.39. The fraction of sp³-hybridized carbons (Fsp3) is 0.750. The molecule has 1 aliphatic carbocycles. The average molecular weight is 220 g/mol. The lowest BCUT2D eigenvalue weighted by Crippen LogP contribution is -2.26. The Bertz CT molecular complexity index is 354. The Hall–Kier alpha value is -1.03. The number of nitrogens with two attached hydrogens (primary N) is 1. The van der Waals surface area contributed by atoms with Crippen molar-refractivity contribution in [3.63, 3.8) is 0 Å². The molecule has 3 rings (SSSR count). The third-order valence-electron chi connectivity index (χ3n) is 3.93. The number of nitrogens with zero attached hydrogens (tertiary/aromatic N) is 2. The van der Waals surface area contributed by atoms with E-state index < -0.39 is 0 Å². The first kappa shape index (κ1) is 10.1. The molecule has 1 saturated carbocycles. The molecule has 4 heteroatoms. The first-order valence-corrected chi connectivity index (χ1v) is 6.39. The molecule has 1 saturated heterocycles. The smallest absolute Gasteiger partial charge is 0.150 e. The maximum atomic E-state index is 5.91. The molecule has 2 fully saturated rings. The van der Waals surface area contributed by atoms with Crippen LogP contribution < -0.4 is 10.6 Å². The number of H-pyrrole nitrogens is 1. The number of aromatic amines is 1. The van der Waals surface area contributed by atoms with Crippen LogP contribution in [0, 0.1) is 0 Å². The van der Waals surface area contributed by atoms with Crippen LogP contribution in [0.15, 0.2) is 6.07 Å². The van der Waals surface area contributed by atoms with E-state index in [1.54, 1.807) is 0 Å². The Kier molecular flexibility index (Phi) is 2.59. The number of nitrogens with one attached hydrogen (secondary N) is 1. The molecule has 4 nitrogen and oxygen atoms in total. The quantitative estimate of drug-likeness (QED) is 0.796. The summed E-state index contributed by atoms with van der Waals surface area (Å²) in [6, 6.07) is 2.56. The molecule has 0 amide bonds. The molecule has 1 aliphatic heterocycles.